The number of urea groups is 1. The summed E-state index contributed by atoms with van der Waals surface area (Å²) in [7, 11) is 0. The number of benzene rings is 1. The standard InChI is InChI=1S/C19H21N5O/c25-19(24-11-3-7-16(13-24)17-8-10-22-23-17)21-12-15-5-1-4-14-6-2-9-20-18(14)15/h1-2,4-6,8-10,16H,3,7,11-13H2,(H,21,25)(H,22,23)/t16-/m1/s1. The van der Waals surface area contributed by atoms with Gasteiger partial charge >= 0.3 is 6.03 Å². The molecule has 1 atom stereocenters. The zero-order valence-electron chi connectivity index (χ0n) is 14.0. The Balaban J connectivity index is 1.41. The van der Waals surface area contributed by atoms with Gasteiger partial charge in [-0.1, -0.05) is 24.3 Å². The van der Waals surface area contributed by atoms with Gasteiger partial charge in [-0.2, -0.15) is 5.10 Å². The fourth-order valence-corrected chi connectivity index (χ4v) is 3.50. The van der Waals surface area contributed by atoms with E-state index in [2.05, 4.69) is 20.5 Å². The molecule has 1 saturated heterocycles. The van der Waals surface area contributed by atoms with E-state index in [0.717, 1.165) is 48.1 Å². The maximum atomic E-state index is 12.6. The van der Waals surface area contributed by atoms with Crippen molar-refractivity contribution >= 4 is 16.9 Å². The summed E-state index contributed by atoms with van der Waals surface area (Å²) in [5, 5.41) is 11.2. The molecule has 2 N–H and O–H groups in total. The lowest BCUT2D eigenvalue weighted by Gasteiger charge is -2.32. The summed E-state index contributed by atoms with van der Waals surface area (Å²) in [6.45, 7) is 2.00. The van der Waals surface area contributed by atoms with E-state index in [1.54, 1.807) is 12.4 Å². The number of aromatic nitrogens is 3. The number of likely N-dealkylation sites (tertiary alicyclic amines) is 1. The van der Waals surface area contributed by atoms with Gasteiger partial charge in [-0.05, 0) is 30.5 Å². The molecule has 1 aliphatic heterocycles. The lowest BCUT2D eigenvalue weighted by atomic mass is 9.95. The SMILES string of the molecule is O=C(NCc1cccc2cccnc12)N1CCC[C@@H](c2ccn[nH]2)C1. The second kappa shape index (κ2) is 6.93. The molecule has 0 radical (unpaired) electrons. The van der Waals surface area contributed by atoms with Crippen LogP contribution in [-0.4, -0.2) is 39.2 Å². The molecule has 128 valence electrons. The molecule has 0 spiro atoms. The highest BCUT2D eigenvalue weighted by Crippen LogP contribution is 2.25. The van der Waals surface area contributed by atoms with E-state index in [9.17, 15) is 4.79 Å². The highest BCUT2D eigenvalue weighted by molar-refractivity contribution is 5.82. The summed E-state index contributed by atoms with van der Waals surface area (Å²) >= 11 is 0. The number of pyridine rings is 1. The predicted molar refractivity (Wildman–Crippen MR) is 96.1 cm³/mol. The average molecular weight is 335 g/mol. The third-order valence-corrected chi connectivity index (χ3v) is 4.82. The number of H-pyrrole nitrogens is 1. The number of fused-ring (bicyclic) bond motifs is 1. The molecule has 2 amide bonds. The third-order valence-electron chi connectivity index (χ3n) is 4.82. The molecule has 1 aromatic carbocycles. The minimum absolute atomic E-state index is 0.0165. The molecule has 0 aliphatic carbocycles. The van der Waals surface area contributed by atoms with Crippen LogP contribution >= 0.6 is 0 Å². The van der Waals surface area contributed by atoms with Gasteiger partial charge < -0.3 is 10.2 Å². The van der Waals surface area contributed by atoms with E-state index in [4.69, 9.17) is 0 Å². The zero-order chi connectivity index (χ0) is 17.1. The molecule has 3 heterocycles. The van der Waals surface area contributed by atoms with E-state index in [0.29, 0.717) is 12.5 Å². The summed E-state index contributed by atoms with van der Waals surface area (Å²) in [5.74, 6) is 0.334. The van der Waals surface area contributed by atoms with Crippen molar-refractivity contribution in [2.75, 3.05) is 13.1 Å². The first-order valence-corrected chi connectivity index (χ1v) is 8.66. The van der Waals surface area contributed by atoms with Crippen molar-refractivity contribution in [3.8, 4) is 0 Å². The summed E-state index contributed by atoms with van der Waals surface area (Å²) < 4.78 is 0. The van der Waals surface area contributed by atoms with Crippen molar-refractivity contribution in [1.29, 1.82) is 0 Å². The van der Waals surface area contributed by atoms with Crippen LogP contribution in [0.15, 0.2) is 48.8 Å². The number of aromatic amines is 1. The number of carbonyl (C=O) groups is 1. The van der Waals surface area contributed by atoms with Crippen LogP contribution in [-0.2, 0) is 6.54 Å². The van der Waals surface area contributed by atoms with Gasteiger partial charge in [0.2, 0.25) is 0 Å². The van der Waals surface area contributed by atoms with Crippen LogP contribution in [0, 0.1) is 0 Å². The lowest BCUT2D eigenvalue weighted by Crippen LogP contribution is -2.44. The Bertz CT molecular complexity index is 856. The number of nitrogens with zero attached hydrogens (tertiary/aromatic N) is 3. The molecule has 6 nitrogen and oxygen atoms in total. The molecule has 1 fully saturated rings. The van der Waals surface area contributed by atoms with Crippen molar-refractivity contribution in [3.63, 3.8) is 0 Å². The number of rotatable bonds is 3. The van der Waals surface area contributed by atoms with Crippen LogP contribution in [0.1, 0.15) is 30.0 Å². The maximum Gasteiger partial charge on any atom is 0.317 e. The van der Waals surface area contributed by atoms with Gasteiger partial charge in [-0.15, -0.1) is 0 Å². The van der Waals surface area contributed by atoms with Crippen molar-refractivity contribution in [3.05, 3.63) is 60.0 Å². The Morgan fingerprint density at radius 2 is 2.16 bits per heavy atom. The van der Waals surface area contributed by atoms with Crippen LogP contribution in [0.3, 0.4) is 0 Å². The maximum absolute atomic E-state index is 12.6. The first-order chi connectivity index (χ1) is 12.3. The van der Waals surface area contributed by atoms with Gasteiger partial charge in [0.25, 0.3) is 0 Å². The number of piperidine rings is 1. The fourth-order valence-electron chi connectivity index (χ4n) is 3.50. The first-order valence-electron chi connectivity index (χ1n) is 8.66. The van der Waals surface area contributed by atoms with Crippen molar-refractivity contribution in [1.82, 2.24) is 25.4 Å². The van der Waals surface area contributed by atoms with Crippen molar-refractivity contribution in [2.24, 2.45) is 0 Å². The monoisotopic (exact) mass is 335 g/mol. The second-order valence-electron chi connectivity index (χ2n) is 6.45. The molecule has 0 unspecified atom stereocenters. The Kier molecular flexibility index (Phi) is 4.33. The zero-order valence-corrected chi connectivity index (χ0v) is 14.0. The largest absolute Gasteiger partial charge is 0.334 e. The normalized spacial score (nSPS) is 17.6. The third kappa shape index (κ3) is 3.33. The molecule has 0 bridgehead atoms. The Morgan fingerprint density at radius 3 is 3.04 bits per heavy atom. The van der Waals surface area contributed by atoms with Gasteiger partial charge in [-0.3, -0.25) is 10.1 Å². The molecule has 3 aromatic rings. The van der Waals surface area contributed by atoms with Crippen LogP contribution < -0.4 is 5.32 Å². The average Bonchev–Trinajstić information content (AvgIpc) is 3.21. The fraction of sp³-hybridized carbons (Fsp3) is 0.316. The minimum atomic E-state index is -0.0165. The molecular formula is C19H21N5O. The molecule has 6 heteroatoms. The van der Waals surface area contributed by atoms with Gasteiger partial charge in [0, 0.05) is 49.0 Å². The second-order valence-corrected chi connectivity index (χ2v) is 6.45. The van der Waals surface area contributed by atoms with Crippen LogP contribution in [0.4, 0.5) is 4.79 Å². The summed E-state index contributed by atoms with van der Waals surface area (Å²) in [6.07, 6.45) is 5.64. The van der Waals surface area contributed by atoms with Gasteiger partial charge in [0.1, 0.15) is 0 Å². The van der Waals surface area contributed by atoms with Gasteiger partial charge in [0.15, 0.2) is 0 Å². The highest BCUT2D eigenvalue weighted by atomic mass is 16.2. The smallest absolute Gasteiger partial charge is 0.317 e. The summed E-state index contributed by atoms with van der Waals surface area (Å²) in [5.41, 5.74) is 3.09. The predicted octanol–water partition coefficient (Wildman–Crippen LogP) is 3.05. The first kappa shape index (κ1) is 15.6. The number of amides is 2. The molecule has 2 aromatic heterocycles. The van der Waals surface area contributed by atoms with Crippen LogP contribution in [0.2, 0.25) is 0 Å². The van der Waals surface area contributed by atoms with Crippen LogP contribution in [0.25, 0.3) is 10.9 Å². The summed E-state index contributed by atoms with van der Waals surface area (Å²) in [6, 6.07) is 12.0. The van der Waals surface area contributed by atoms with E-state index < -0.39 is 0 Å². The Morgan fingerprint density at radius 1 is 1.24 bits per heavy atom. The number of hydrogen-bond donors (Lipinski definition) is 2. The van der Waals surface area contributed by atoms with Gasteiger partial charge in [0.05, 0.1) is 5.52 Å². The van der Waals surface area contributed by atoms with E-state index >= 15 is 0 Å². The molecule has 25 heavy (non-hydrogen) atoms. The number of para-hydroxylation sites is 1. The summed E-state index contributed by atoms with van der Waals surface area (Å²) in [4.78, 5) is 18.9. The van der Waals surface area contributed by atoms with E-state index in [1.807, 2.05) is 41.3 Å². The Hall–Kier alpha value is -2.89. The van der Waals surface area contributed by atoms with E-state index in [-0.39, 0.29) is 6.03 Å². The Labute approximate surface area is 146 Å². The molecule has 1 aliphatic rings. The minimum Gasteiger partial charge on any atom is -0.334 e. The highest BCUT2D eigenvalue weighted by Gasteiger charge is 2.25. The lowest BCUT2D eigenvalue weighted by molar-refractivity contribution is 0.178. The quantitative estimate of drug-likeness (QED) is 0.772. The number of hydrogen-bond acceptors (Lipinski definition) is 3. The van der Waals surface area contributed by atoms with Crippen molar-refractivity contribution < 1.29 is 4.79 Å². The van der Waals surface area contributed by atoms with Crippen LogP contribution in [0.5, 0.6) is 0 Å². The number of nitrogens with one attached hydrogen (secondary N) is 2. The topological polar surface area (TPSA) is 73.9 Å². The van der Waals surface area contributed by atoms with Crippen molar-refractivity contribution in [2.45, 2.75) is 25.3 Å². The van der Waals surface area contributed by atoms with E-state index in [1.165, 1.54) is 0 Å². The number of carbonyl (C=O) groups excluding carboxylic acids is 1. The molecule has 4 rings (SSSR count). The molecular weight excluding hydrogens is 314 g/mol. The molecule has 0 saturated carbocycles. The van der Waals surface area contributed by atoms with Gasteiger partial charge in [-0.25, -0.2) is 4.79 Å².